The van der Waals surface area contributed by atoms with Crippen molar-refractivity contribution in [3.63, 3.8) is 0 Å². The van der Waals surface area contributed by atoms with Gasteiger partial charge in [0.15, 0.2) is 0 Å². The molecule has 1 N–H and O–H groups in total. The van der Waals surface area contributed by atoms with E-state index in [-0.39, 0.29) is 0 Å². The molecule has 2 unspecified atom stereocenters. The third kappa shape index (κ3) is 4.67. The highest BCUT2D eigenvalue weighted by molar-refractivity contribution is 7.99. The van der Waals surface area contributed by atoms with Crippen LogP contribution in [0.25, 0.3) is 0 Å². The minimum absolute atomic E-state index is 0.778. The SMILES string of the molecule is CNC1CCCC(SCCN(C)C)C1. The lowest BCUT2D eigenvalue weighted by molar-refractivity contribution is 0.401. The van der Waals surface area contributed by atoms with Gasteiger partial charge in [0, 0.05) is 23.6 Å². The Morgan fingerprint density at radius 3 is 2.79 bits per heavy atom. The molecule has 0 bridgehead atoms. The van der Waals surface area contributed by atoms with Crippen LogP contribution in [0.15, 0.2) is 0 Å². The molecule has 1 aliphatic rings. The second-order valence-corrected chi connectivity index (χ2v) is 5.86. The lowest BCUT2D eigenvalue weighted by Gasteiger charge is -2.28. The lowest BCUT2D eigenvalue weighted by atomic mass is 9.95. The average molecular weight is 216 g/mol. The normalized spacial score (nSPS) is 28.3. The zero-order valence-electron chi connectivity index (χ0n) is 9.75. The molecule has 0 aromatic heterocycles. The minimum atomic E-state index is 0.778. The van der Waals surface area contributed by atoms with Crippen LogP contribution in [0.4, 0.5) is 0 Å². The molecule has 0 saturated heterocycles. The van der Waals surface area contributed by atoms with Crippen LogP contribution in [0.1, 0.15) is 25.7 Å². The number of hydrogen-bond acceptors (Lipinski definition) is 3. The van der Waals surface area contributed by atoms with Gasteiger partial charge in [-0.05, 0) is 40.4 Å². The van der Waals surface area contributed by atoms with E-state index < -0.39 is 0 Å². The maximum Gasteiger partial charge on any atom is 0.00746 e. The Bertz CT molecular complexity index is 150. The molecular weight excluding hydrogens is 192 g/mol. The molecule has 0 aromatic carbocycles. The van der Waals surface area contributed by atoms with Crippen LogP contribution in [0.3, 0.4) is 0 Å². The summed E-state index contributed by atoms with van der Waals surface area (Å²) >= 11 is 2.16. The summed E-state index contributed by atoms with van der Waals surface area (Å²) in [5.74, 6) is 1.29. The van der Waals surface area contributed by atoms with E-state index in [1.807, 2.05) is 0 Å². The van der Waals surface area contributed by atoms with Gasteiger partial charge in [-0.3, -0.25) is 0 Å². The fraction of sp³-hybridized carbons (Fsp3) is 1.00. The molecule has 2 atom stereocenters. The smallest absolute Gasteiger partial charge is 0.00746 e. The highest BCUT2D eigenvalue weighted by atomic mass is 32.2. The number of rotatable bonds is 5. The average Bonchev–Trinajstić information content (AvgIpc) is 2.18. The Kier molecular flexibility index (Phi) is 5.90. The Morgan fingerprint density at radius 2 is 2.14 bits per heavy atom. The molecule has 2 nitrogen and oxygen atoms in total. The van der Waals surface area contributed by atoms with Crippen molar-refractivity contribution in [1.29, 1.82) is 0 Å². The van der Waals surface area contributed by atoms with Gasteiger partial charge in [0.2, 0.25) is 0 Å². The van der Waals surface area contributed by atoms with E-state index in [2.05, 4.69) is 43.1 Å². The van der Waals surface area contributed by atoms with Crippen molar-refractivity contribution < 1.29 is 0 Å². The first-order valence-electron chi connectivity index (χ1n) is 5.66. The van der Waals surface area contributed by atoms with E-state index in [1.54, 1.807) is 0 Å². The minimum Gasteiger partial charge on any atom is -0.317 e. The Balaban J connectivity index is 2.11. The molecule has 84 valence electrons. The van der Waals surface area contributed by atoms with Gasteiger partial charge in [0.1, 0.15) is 0 Å². The van der Waals surface area contributed by atoms with Gasteiger partial charge in [-0.25, -0.2) is 0 Å². The van der Waals surface area contributed by atoms with Gasteiger partial charge in [0.05, 0.1) is 0 Å². The second kappa shape index (κ2) is 6.70. The van der Waals surface area contributed by atoms with E-state index in [4.69, 9.17) is 0 Å². The quantitative estimate of drug-likeness (QED) is 0.754. The van der Waals surface area contributed by atoms with Gasteiger partial charge in [-0.2, -0.15) is 11.8 Å². The molecule has 0 aromatic rings. The first-order chi connectivity index (χ1) is 6.72. The Morgan fingerprint density at radius 1 is 1.36 bits per heavy atom. The van der Waals surface area contributed by atoms with Crippen molar-refractivity contribution in [2.75, 3.05) is 33.4 Å². The summed E-state index contributed by atoms with van der Waals surface area (Å²) in [5, 5.41) is 4.31. The lowest BCUT2D eigenvalue weighted by Crippen LogP contribution is -2.32. The van der Waals surface area contributed by atoms with E-state index in [0.717, 1.165) is 11.3 Å². The van der Waals surface area contributed by atoms with Crippen molar-refractivity contribution in [3.05, 3.63) is 0 Å². The molecule has 0 aliphatic heterocycles. The molecule has 1 rings (SSSR count). The molecule has 0 amide bonds. The summed E-state index contributed by atoms with van der Waals surface area (Å²) in [7, 11) is 6.40. The van der Waals surface area contributed by atoms with E-state index in [1.165, 1.54) is 38.0 Å². The summed E-state index contributed by atoms with van der Waals surface area (Å²) in [5.41, 5.74) is 0. The van der Waals surface area contributed by atoms with Crippen LogP contribution < -0.4 is 5.32 Å². The van der Waals surface area contributed by atoms with E-state index in [9.17, 15) is 0 Å². The molecule has 1 aliphatic carbocycles. The number of hydrogen-bond donors (Lipinski definition) is 1. The highest BCUT2D eigenvalue weighted by Gasteiger charge is 2.20. The molecule has 0 radical (unpaired) electrons. The predicted molar refractivity (Wildman–Crippen MR) is 66.1 cm³/mol. The number of nitrogens with one attached hydrogen (secondary N) is 1. The summed E-state index contributed by atoms with van der Waals surface area (Å²) in [6.07, 6.45) is 5.58. The molecule has 1 fully saturated rings. The zero-order valence-corrected chi connectivity index (χ0v) is 10.6. The van der Waals surface area contributed by atoms with E-state index in [0.29, 0.717) is 0 Å². The van der Waals surface area contributed by atoms with Crippen molar-refractivity contribution in [1.82, 2.24) is 10.2 Å². The summed E-state index contributed by atoms with van der Waals surface area (Å²) in [6, 6.07) is 0.778. The molecule has 0 spiro atoms. The Labute approximate surface area is 92.8 Å². The van der Waals surface area contributed by atoms with Gasteiger partial charge in [0.25, 0.3) is 0 Å². The van der Waals surface area contributed by atoms with Crippen molar-refractivity contribution in [3.8, 4) is 0 Å². The molecule has 3 heteroatoms. The van der Waals surface area contributed by atoms with Gasteiger partial charge < -0.3 is 10.2 Å². The summed E-state index contributed by atoms with van der Waals surface area (Å²) in [6.45, 7) is 1.21. The van der Waals surface area contributed by atoms with Crippen molar-refractivity contribution >= 4 is 11.8 Å². The zero-order chi connectivity index (χ0) is 10.4. The van der Waals surface area contributed by atoms with Crippen molar-refractivity contribution in [2.45, 2.75) is 37.0 Å². The maximum absolute atomic E-state index is 3.41. The molecule has 0 heterocycles. The second-order valence-electron chi connectivity index (χ2n) is 4.45. The van der Waals surface area contributed by atoms with Gasteiger partial charge in [-0.15, -0.1) is 0 Å². The highest BCUT2D eigenvalue weighted by Crippen LogP contribution is 2.28. The third-order valence-electron chi connectivity index (χ3n) is 2.93. The molecule has 14 heavy (non-hydrogen) atoms. The van der Waals surface area contributed by atoms with Crippen LogP contribution in [0.2, 0.25) is 0 Å². The van der Waals surface area contributed by atoms with Crippen molar-refractivity contribution in [2.24, 2.45) is 0 Å². The predicted octanol–water partition coefficient (Wildman–Crippen LogP) is 1.81. The third-order valence-corrected chi connectivity index (χ3v) is 4.24. The van der Waals surface area contributed by atoms with Crippen LogP contribution in [-0.2, 0) is 0 Å². The van der Waals surface area contributed by atoms with Gasteiger partial charge >= 0.3 is 0 Å². The largest absolute Gasteiger partial charge is 0.317 e. The summed E-state index contributed by atoms with van der Waals surface area (Å²) in [4.78, 5) is 2.27. The monoisotopic (exact) mass is 216 g/mol. The van der Waals surface area contributed by atoms with E-state index >= 15 is 0 Å². The number of thioether (sulfide) groups is 1. The standard InChI is InChI=1S/C11H24N2S/c1-12-10-5-4-6-11(9-10)14-8-7-13(2)3/h10-12H,4-9H2,1-3H3. The number of nitrogens with zero attached hydrogens (tertiary/aromatic N) is 1. The Hall–Kier alpha value is 0.270. The van der Waals surface area contributed by atoms with Crippen LogP contribution in [0, 0.1) is 0 Å². The van der Waals surface area contributed by atoms with Crippen LogP contribution in [0.5, 0.6) is 0 Å². The summed E-state index contributed by atoms with van der Waals surface area (Å²) < 4.78 is 0. The fourth-order valence-electron chi connectivity index (χ4n) is 1.96. The molecular formula is C11H24N2S. The maximum atomic E-state index is 3.41. The first kappa shape index (κ1) is 12.3. The van der Waals surface area contributed by atoms with Crippen LogP contribution in [-0.4, -0.2) is 49.6 Å². The fourth-order valence-corrected chi connectivity index (χ4v) is 3.47. The van der Waals surface area contributed by atoms with Gasteiger partial charge in [-0.1, -0.05) is 6.42 Å². The first-order valence-corrected chi connectivity index (χ1v) is 6.71. The molecule has 1 saturated carbocycles. The van der Waals surface area contributed by atoms with Crippen LogP contribution >= 0.6 is 11.8 Å². The topological polar surface area (TPSA) is 15.3 Å².